The minimum atomic E-state index is -0.575. The molecule has 2 unspecified atom stereocenters. The Hall–Kier alpha value is -1.14. The molecule has 0 bridgehead atoms. The highest BCUT2D eigenvalue weighted by Crippen LogP contribution is 2.37. The van der Waals surface area contributed by atoms with Crippen LogP contribution in [0.1, 0.15) is 12.5 Å². The summed E-state index contributed by atoms with van der Waals surface area (Å²) in [6.07, 6.45) is 3.12. The first-order chi connectivity index (χ1) is 9.59. The van der Waals surface area contributed by atoms with E-state index in [1.54, 1.807) is 17.1 Å². The molecule has 20 heavy (non-hydrogen) atoms. The first kappa shape index (κ1) is 13.8. The Morgan fingerprint density at radius 3 is 2.95 bits per heavy atom. The van der Waals surface area contributed by atoms with Gasteiger partial charge in [0.05, 0.1) is 6.54 Å². The average Bonchev–Trinajstić information content (AvgIpc) is 3.00. The summed E-state index contributed by atoms with van der Waals surface area (Å²) in [5.74, 6) is 0. The van der Waals surface area contributed by atoms with Crippen molar-refractivity contribution in [2.45, 2.75) is 25.3 Å². The van der Waals surface area contributed by atoms with Crippen LogP contribution in [0.15, 0.2) is 30.9 Å². The summed E-state index contributed by atoms with van der Waals surface area (Å²) in [5.41, 5.74) is 0.324. The van der Waals surface area contributed by atoms with Crippen molar-refractivity contribution in [3.63, 3.8) is 0 Å². The maximum Gasteiger partial charge on any atom is 0.137 e. The van der Waals surface area contributed by atoms with Crippen LogP contribution < -0.4 is 5.32 Å². The van der Waals surface area contributed by atoms with Crippen LogP contribution in [-0.4, -0.2) is 27.5 Å². The number of nitrogens with one attached hydrogen (secondary N) is 1. The van der Waals surface area contributed by atoms with Crippen molar-refractivity contribution in [3.8, 4) is 0 Å². The third-order valence-corrected chi connectivity index (χ3v) is 3.93. The first-order valence-electron chi connectivity index (χ1n) is 6.28. The van der Waals surface area contributed by atoms with Gasteiger partial charge in [-0.05, 0) is 19.1 Å². The van der Waals surface area contributed by atoms with Crippen LogP contribution in [0.4, 0.5) is 0 Å². The molecule has 1 saturated heterocycles. The summed E-state index contributed by atoms with van der Waals surface area (Å²) in [6.45, 7) is 3.15. The van der Waals surface area contributed by atoms with E-state index >= 15 is 0 Å². The van der Waals surface area contributed by atoms with Crippen molar-refractivity contribution in [3.05, 3.63) is 46.5 Å². The van der Waals surface area contributed by atoms with Gasteiger partial charge in [0.1, 0.15) is 24.5 Å². The van der Waals surface area contributed by atoms with Gasteiger partial charge in [0.15, 0.2) is 0 Å². The molecule has 2 atom stereocenters. The number of ether oxygens (including phenoxy) is 1. The van der Waals surface area contributed by atoms with Crippen molar-refractivity contribution in [2.24, 2.45) is 0 Å². The minimum absolute atomic E-state index is 0.0507. The van der Waals surface area contributed by atoms with E-state index in [2.05, 4.69) is 15.4 Å². The van der Waals surface area contributed by atoms with Gasteiger partial charge >= 0.3 is 0 Å². The Morgan fingerprint density at radius 2 is 2.35 bits per heavy atom. The Kier molecular flexibility index (Phi) is 3.69. The van der Waals surface area contributed by atoms with Gasteiger partial charge in [-0.3, -0.25) is 5.32 Å². The van der Waals surface area contributed by atoms with Gasteiger partial charge < -0.3 is 4.74 Å². The van der Waals surface area contributed by atoms with Gasteiger partial charge in [-0.1, -0.05) is 29.3 Å². The highest BCUT2D eigenvalue weighted by atomic mass is 35.5. The van der Waals surface area contributed by atoms with Gasteiger partial charge in [-0.2, -0.15) is 5.10 Å². The van der Waals surface area contributed by atoms with E-state index < -0.39 is 5.60 Å². The SMILES string of the molecule is CC1NCC(Cn2cncn2)(c2ccc(Cl)cc2Cl)O1. The third-order valence-electron chi connectivity index (χ3n) is 3.38. The van der Waals surface area contributed by atoms with E-state index in [9.17, 15) is 0 Å². The summed E-state index contributed by atoms with van der Waals surface area (Å²) in [5, 5.41) is 8.64. The fourth-order valence-corrected chi connectivity index (χ4v) is 3.08. The summed E-state index contributed by atoms with van der Waals surface area (Å²) < 4.78 is 7.84. The minimum Gasteiger partial charge on any atom is -0.349 e. The molecule has 2 heterocycles. The number of hydrogen-bond acceptors (Lipinski definition) is 4. The maximum absolute atomic E-state index is 6.35. The Bertz CT molecular complexity index is 604. The quantitative estimate of drug-likeness (QED) is 0.946. The molecule has 5 nitrogen and oxygen atoms in total. The number of halogens is 2. The van der Waals surface area contributed by atoms with Gasteiger partial charge in [-0.15, -0.1) is 0 Å². The molecule has 0 saturated carbocycles. The number of hydrogen-bond donors (Lipinski definition) is 1. The molecule has 106 valence electrons. The highest BCUT2D eigenvalue weighted by Gasteiger charge is 2.42. The molecular formula is C13H14Cl2N4O. The predicted molar refractivity (Wildman–Crippen MR) is 76.7 cm³/mol. The van der Waals surface area contributed by atoms with Crippen LogP contribution in [-0.2, 0) is 16.9 Å². The zero-order valence-corrected chi connectivity index (χ0v) is 12.4. The van der Waals surface area contributed by atoms with Crippen LogP contribution in [0.2, 0.25) is 10.0 Å². The van der Waals surface area contributed by atoms with Gasteiger partial charge in [-0.25, -0.2) is 9.67 Å². The Morgan fingerprint density at radius 1 is 1.50 bits per heavy atom. The fourth-order valence-electron chi connectivity index (χ4n) is 2.50. The molecule has 3 rings (SSSR count). The van der Waals surface area contributed by atoms with E-state index in [1.165, 1.54) is 6.33 Å². The molecule has 1 aliphatic heterocycles. The van der Waals surface area contributed by atoms with Crippen molar-refractivity contribution in [2.75, 3.05) is 6.54 Å². The molecule has 7 heteroatoms. The smallest absolute Gasteiger partial charge is 0.137 e. The van der Waals surface area contributed by atoms with Crippen molar-refractivity contribution >= 4 is 23.2 Å². The molecule has 0 radical (unpaired) electrons. The van der Waals surface area contributed by atoms with E-state index in [4.69, 9.17) is 27.9 Å². The second kappa shape index (κ2) is 5.33. The van der Waals surface area contributed by atoms with Gasteiger partial charge in [0, 0.05) is 22.2 Å². The second-order valence-electron chi connectivity index (χ2n) is 4.85. The number of benzene rings is 1. The number of aromatic nitrogens is 3. The standard InChI is InChI=1S/C13H14Cl2N4O/c1-9-17-5-13(20-9,6-19-8-16-7-18-19)11-3-2-10(14)4-12(11)15/h2-4,7-9,17H,5-6H2,1H3. The second-order valence-corrected chi connectivity index (χ2v) is 5.70. The van der Waals surface area contributed by atoms with E-state index in [1.807, 2.05) is 19.1 Å². The zero-order chi connectivity index (χ0) is 14.2. The zero-order valence-electron chi connectivity index (χ0n) is 10.9. The lowest BCUT2D eigenvalue weighted by molar-refractivity contribution is -0.0485. The Labute approximate surface area is 126 Å². The molecule has 1 N–H and O–H groups in total. The lowest BCUT2D eigenvalue weighted by Gasteiger charge is -2.29. The molecule has 1 aliphatic rings. The van der Waals surface area contributed by atoms with Crippen LogP contribution >= 0.6 is 23.2 Å². The molecule has 0 spiro atoms. The van der Waals surface area contributed by atoms with Crippen molar-refractivity contribution in [1.82, 2.24) is 20.1 Å². The molecule has 1 aromatic heterocycles. The first-order valence-corrected chi connectivity index (χ1v) is 7.04. The third kappa shape index (κ3) is 2.54. The predicted octanol–water partition coefficient (Wildman–Crippen LogP) is 2.45. The van der Waals surface area contributed by atoms with Crippen LogP contribution in [0.25, 0.3) is 0 Å². The van der Waals surface area contributed by atoms with Crippen LogP contribution in [0.5, 0.6) is 0 Å². The monoisotopic (exact) mass is 312 g/mol. The summed E-state index contributed by atoms with van der Waals surface area (Å²) in [4.78, 5) is 3.97. The topological polar surface area (TPSA) is 52.0 Å². The molecule has 2 aromatic rings. The maximum atomic E-state index is 6.35. The van der Waals surface area contributed by atoms with Gasteiger partial charge in [0.2, 0.25) is 0 Å². The average molecular weight is 313 g/mol. The van der Waals surface area contributed by atoms with E-state index in [0.717, 1.165) is 5.56 Å². The Balaban J connectivity index is 2.01. The molecular weight excluding hydrogens is 299 g/mol. The molecule has 0 aliphatic carbocycles. The number of nitrogens with zero attached hydrogens (tertiary/aromatic N) is 3. The van der Waals surface area contributed by atoms with Crippen LogP contribution in [0, 0.1) is 0 Å². The summed E-state index contributed by atoms with van der Waals surface area (Å²) in [7, 11) is 0. The van der Waals surface area contributed by atoms with Crippen molar-refractivity contribution in [1.29, 1.82) is 0 Å². The lowest BCUT2D eigenvalue weighted by atomic mass is 9.94. The fraction of sp³-hybridized carbons (Fsp3) is 0.385. The lowest BCUT2D eigenvalue weighted by Crippen LogP contribution is -2.36. The van der Waals surface area contributed by atoms with E-state index in [-0.39, 0.29) is 6.23 Å². The van der Waals surface area contributed by atoms with E-state index in [0.29, 0.717) is 23.1 Å². The molecule has 1 aromatic carbocycles. The largest absolute Gasteiger partial charge is 0.349 e. The summed E-state index contributed by atoms with van der Waals surface area (Å²) in [6, 6.07) is 5.45. The molecule has 1 fully saturated rings. The van der Waals surface area contributed by atoms with Crippen LogP contribution in [0.3, 0.4) is 0 Å². The van der Waals surface area contributed by atoms with Crippen molar-refractivity contribution < 1.29 is 4.74 Å². The molecule has 0 amide bonds. The normalized spacial score (nSPS) is 26.1. The number of rotatable bonds is 3. The summed E-state index contributed by atoms with van der Waals surface area (Å²) >= 11 is 12.3. The van der Waals surface area contributed by atoms with Gasteiger partial charge in [0.25, 0.3) is 0 Å². The highest BCUT2D eigenvalue weighted by molar-refractivity contribution is 6.35.